The maximum Gasteiger partial charge on any atom is 0.513 e. The number of aryl methyl sites for hydroxylation is 1. The summed E-state index contributed by atoms with van der Waals surface area (Å²) in [6.07, 6.45) is 4.20. The lowest BCUT2D eigenvalue weighted by Crippen LogP contribution is -2.63. The fraction of sp³-hybridized carbons (Fsp3) is 0.500. The molecular weight excluding hydrogens is 486 g/mol. The van der Waals surface area contributed by atoms with Gasteiger partial charge in [-0.15, -0.1) is 11.3 Å². The van der Waals surface area contributed by atoms with Crippen LogP contribution in [-0.4, -0.2) is 54.4 Å². The van der Waals surface area contributed by atoms with Crippen molar-refractivity contribution >= 4 is 29.1 Å². The van der Waals surface area contributed by atoms with Crippen molar-refractivity contribution in [1.29, 1.82) is 0 Å². The quantitative estimate of drug-likeness (QED) is 0.330. The van der Waals surface area contributed by atoms with E-state index >= 15 is 0 Å². The van der Waals surface area contributed by atoms with Crippen LogP contribution in [0.3, 0.4) is 0 Å². The molecule has 1 saturated heterocycles. The molecule has 1 aliphatic rings. The molecule has 1 aromatic carbocycles. The van der Waals surface area contributed by atoms with E-state index in [9.17, 15) is 15.0 Å². The Kier molecular flexibility index (Phi) is 7.43. The maximum absolute atomic E-state index is 12.3. The second-order valence-corrected chi connectivity index (χ2v) is 12.5. The van der Waals surface area contributed by atoms with E-state index in [4.69, 9.17) is 0 Å². The van der Waals surface area contributed by atoms with E-state index in [1.165, 1.54) is 11.3 Å². The van der Waals surface area contributed by atoms with Crippen LogP contribution in [0.2, 0.25) is 0 Å². The molecule has 0 radical (unpaired) electrons. The Labute approximate surface area is 223 Å². The van der Waals surface area contributed by atoms with Crippen LogP contribution in [0.15, 0.2) is 36.7 Å². The lowest BCUT2D eigenvalue weighted by molar-refractivity contribution is -0.903. The maximum atomic E-state index is 12.3. The minimum atomic E-state index is -1.14. The Morgan fingerprint density at radius 1 is 1.16 bits per heavy atom. The first-order valence-corrected chi connectivity index (χ1v) is 13.7. The van der Waals surface area contributed by atoms with Gasteiger partial charge in [0.25, 0.3) is 0 Å². The average Bonchev–Trinajstić information content (AvgIpc) is 3.23. The summed E-state index contributed by atoms with van der Waals surface area (Å²) in [4.78, 5) is 26.9. The number of benzene rings is 1. The van der Waals surface area contributed by atoms with Gasteiger partial charge in [-0.3, -0.25) is 0 Å². The third-order valence-electron chi connectivity index (χ3n) is 7.48. The Morgan fingerprint density at radius 2 is 1.92 bits per heavy atom. The minimum Gasteiger partial charge on any atom is -0.435 e. The molecule has 0 bridgehead atoms. The molecule has 1 unspecified atom stereocenters. The smallest absolute Gasteiger partial charge is 0.435 e. The summed E-state index contributed by atoms with van der Waals surface area (Å²) in [6.45, 7) is 13.0. The van der Waals surface area contributed by atoms with Crippen LogP contribution in [0.5, 0.6) is 0 Å². The van der Waals surface area contributed by atoms with E-state index in [1.54, 1.807) is 12.4 Å². The van der Waals surface area contributed by atoms with Crippen molar-refractivity contribution in [3.63, 3.8) is 0 Å². The second kappa shape index (κ2) is 10.1. The first-order valence-electron chi connectivity index (χ1n) is 12.8. The van der Waals surface area contributed by atoms with Crippen LogP contribution in [0.25, 0.3) is 10.4 Å². The third-order valence-corrected chi connectivity index (χ3v) is 8.72. The molecule has 0 aliphatic carbocycles. The van der Waals surface area contributed by atoms with Gasteiger partial charge in [-0.2, -0.15) is 4.79 Å². The van der Waals surface area contributed by atoms with Crippen molar-refractivity contribution in [2.45, 2.75) is 77.9 Å². The molecule has 8 nitrogen and oxygen atoms in total. The topological polar surface area (TPSA) is 108 Å². The van der Waals surface area contributed by atoms with Gasteiger partial charge in [0, 0.05) is 36.6 Å². The number of aromatic nitrogens is 3. The molecule has 3 heterocycles. The van der Waals surface area contributed by atoms with E-state index in [1.807, 2.05) is 45.9 Å². The van der Waals surface area contributed by atoms with Gasteiger partial charge < -0.3 is 15.5 Å². The van der Waals surface area contributed by atoms with Gasteiger partial charge in [-0.05, 0) is 69.4 Å². The van der Waals surface area contributed by atoms with Gasteiger partial charge in [-0.25, -0.2) is 19.4 Å². The largest absolute Gasteiger partial charge is 0.513 e. The number of hydrogen-bond acceptors (Lipinski definition) is 7. The fourth-order valence-corrected chi connectivity index (χ4v) is 6.17. The standard InChI is InChI=1S/C28H37N5O3S/c1-18(2)22-8-11-29-25(32-22)31-21-15-19(3)14-20(16-21)23-17-30-24(37-23)28(36)9-7-12-33(13-10-28,26(34)35)27(4,5)6/h8,11,14-18,36H,7,9-10,12-13H2,1-6H3,(H-,29,31,32,34,35)/p+1/t28-,33?/m1/s1. The molecule has 9 heteroatoms. The van der Waals surface area contributed by atoms with Crippen molar-refractivity contribution in [3.05, 3.63) is 52.9 Å². The van der Waals surface area contributed by atoms with Gasteiger partial charge in [0.15, 0.2) is 0 Å². The van der Waals surface area contributed by atoms with Crippen LogP contribution >= 0.6 is 11.3 Å². The highest BCUT2D eigenvalue weighted by molar-refractivity contribution is 7.15. The molecule has 2 aromatic heterocycles. The van der Waals surface area contributed by atoms with Gasteiger partial charge >= 0.3 is 6.09 Å². The van der Waals surface area contributed by atoms with Crippen molar-refractivity contribution in [1.82, 2.24) is 15.0 Å². The zero-order valence-corrected chi connectivity index (χ0v) is 23.4. The first kappa shape index (κ1) is 27.2. The van der Waals surface area contributed by atoms with Crippen molar-refractivity contribution in [2.75, 3.05) is 18.4 Å². The molecule has 1 fully saturated rings. The molecule has 198 valence electrons. The monoisotopic (exact) mass is 524 g/mol. The summed E-state index contributed by atoms with van der Waals surface area (Å²) in [7, 11) is 0. The van der Waals surface area contributed by atoms with Crippen molar-refractivity contribution < 1.29 is 19.5 Å². The Balaban J connectivity index is 1.59. The van der Waals surface area contributed by atoms with E-state index in [2.05, 4.69) is 40.2 Å². The van der Waals surface area contributed by atoms with Crippen LogP contribution in [0.4, 0.5) is 16.4 Å². The molecule has 3 aromatic rings. The summed E-state index contributed by atoms with van der Waals surface area (Å²) in [5.41, 5.74) is 2.33. The van der Waals surface area contributed by atoms with E-state index < -0.39 is 17.2 Å². The normalized spacial score (nSPS) is 22.6. The predicted molar refractivity (Wildman–Crippen MR) is 147 cm³/mol. The average molecular weight is 525 g/mol. The highest BCUT2D eigenvalue weighted by Crippen LogP contribution is 2.42. The number of quaternary nitrogens is 1. The molecule has 2 atom stereocenters. The number of rotatable bonds is 5. The molecule has 4 rings (SSSR count). The third kappa shape index (κ3) is 5.54. The zero-order chi connectivity index (χ0) is 27.0. The number of thiazole rings is 1. The zero-order valence-electron chi connectivity index (χ0n) is 22.6. The van der Waals surface area contributed by atoms with Crippen LogP contribution in [0, 0.1) is 6.92 Å². The molecule has 1 amide bonds. The number of likely N-dealkylation sites (tertiary alicyclic amines) is 1. The summed E-state index contributed by atoms with van der Waals surface area (Å²) < 4.78 is -0.0550. The van der Waals surface area contributed by atoms with E-state index in [0.717, 1.165) is 27.4 Å². The SMILES string of the molecule is Cc1cc(Nc2nccc(C(C)C)n2)cc(-c2cnc([C@@]3(O)CCC[N+](C(=O)O)(C(C)(C)C)CC3)s2)c1. The Hall–Kier alpha value is -2.88. The number of nitrogens with zero attached hydrogens (tertiary/aromatic N) is 4. The first-order chi connectivity index (χ1) is 17.3. The minimum absolute atomic E-state index is 0.0550. The molecule has 1 aliphatic heterocycles. The number of hydrogen-bond donors (Lipinski definition) is 3. The number of carboxylic acid groups (broad SMARTS) is 1. The number of nitrogens with one attached hydrogen (secondary N) is 1. The van der Waals surface area contributed by atoms with Gasteiger partial charge in [-0.1, -0.05) is 19.9 Å². The lowest BCUT2D eigenvalue weighted by Gasteiger charge is -2.43. The summed E-state index contributed by atoms with van der Waals surface area (Å²) in [6, 6.07) is 8.11. The predicted octanol–water partition coefficient (Wildman–Crippen LogP) is 6.44. The molecule has 0 spiro atoms. The van der Waals surface area contributed by atoms with Crippen molar-refractivity contribution in [2.24, 2.45) is 0 Å². The fourth-order valence-electron chi connectivity index (χ4n) is 5.12. The molecular formula is C28H38N5O3S+. The van der Waals surface area contributed by atoms with Gasteiger partial charge in [0.2, 0.25) is 5.95 Å². The summed E-state index contributed by atoms with van der Waals surface area (Å²) in [5, 5.41) is 25.7. The lowest BCUT2D eigenvalue weighted by atomic mass is 9.95. The summed E-state index contributed by atoms with van der Waals surface area (Å²) in [5.74, 6) is 0.865. The molecule has 3 N–H and O–H groups in total. The number of aliphatic hydroxyl groups is 1. The summed E-state index contributed by atoms with van der Waals surface area (Å²) >= 11 is 1.47. The Morgan fingerprint density at radius 3 is 2.59 bits per heavy atom. The highest BCUT2D eigenvalue weighted by Gasteiger charge is 2.51. The molecule has 0 saturated carbocycles. The number of amides is 1. The number of carbonyl (C=O) groups is 1. The van der Waals surface area contributed by atoms with Crippen LogP contribution < -0.4 is 5.32 Å². The van der Waals surface area contributed by atoms with Crippen molar-refractivity contribution in [3.8, 4) is 10.4 Å². The van der Waals surface area contributed by atoms with Gasteiger partial charge in [0.05, 0.1) is 18.0 Å². The van der Waals surface area contributed by atoms with E-state index in [-0.39, 0.29) is 4.48 Å². The van der Waals surface area contributed by atoms with Crippen LogP contribution in [-0.2, 0) is 5.60 Å². The van der Waals surface area contributed by atoms with E-state index in [0.29, 0.717) is 49.2 Å². The highest BCUT2D eigenvalue weighted by atomic mass is 32.1. The van der Waals surface area contributed by atoms with Gasteiger partial charge in [0.1, 0.15) is 16.1 Å². The molecule has 37 heavy (non-hydrogen) atoms. The van der Waals surface area contributed by atoms with Crippen LogP contribution in [0.1, 0.15) is 76.1 Å². The Bertz CT molecular complexity index is 1280. The second-order valence-electron chi connectivity index (χ2n) is 11.5. The number of anilines is 2.